The fourth-order valence-corrected chi connectivity index (χ4v) is 7.39. The van der Waals surface area contributed by atoms with Crippen molar-refractivity contribution in [1.82, 2.24) is 0 Å². The second kappa shape index (κ2) is 44.7. The van der Waals surface area contributed by atoms with Crippen LogP contribution >= 0.6 is 0 Å². The highest BCUT2D eigenvalue weighted by atomic mass is 16.6. The number of carbonyl (C=O) groups is 3. The van der Waals surface area contributed by atoms with Gasteiger partial charge in [0.2, 0.25) is 0 Å². The van der Waals surface area contributed by atoms with Crippen LogP contribution in [0.4, 0.5) is 0 Å². The van der Waals surface area contributed by atoms with Crippen LogP contribution < -0.4 is 0 Å². The Balaban J connectivity index is 4.59. The van der Waals surface area contributed by atoms with Gasteiger partial charge in [0.05, 0.1) is 12.0 Å². The van der Waals surface area contributed by atoms with E-state index in [1.165, 1.54) is 154 Å². The molecule has 0 aliphatic rings. The van der Waals surface area contributed by atoms with Gasteiger partial charge in [0, 0.05) is 19.3 Å². The molecule has 0 aliphatic carbocycles. The molecule has 0 spiro atoms. The lowest BCUT2D eigenvalue weighted by Crippen LogP contribution is -2.42. The van der Waals surface area contributed by atoms with Crippen LogP contribution in [-0.4, -0.2) is 49.4 Å². The summed E-state index contributed by atoms with van der Waals surface area (Å²) >= 11 is 0. The van der Waals surface area contributed by atoms with Crippen molar-refractivity contribution in [2.24, 2.45) is 5.41 Å². The van der Waals surface area contributed by atoms with Crippen molar-refractivity contribution < 1.29 is 33.7 Å². The maximum absolute atomic E-state index is 12.7. The Hall–Kier alpha value is -1.89. The van der Waals surface area contributed by atoms with E-state index in [2.05, 4.69) is 32.9 Å². The van der Waals surface area contributed by atoms with Crippen LogP contribution in [0, 0.1) is 5.41 Å². The molecule has 0 aromatic heterocycles. The highest BCUT2D eigenvalue weighted by Gasteiger charge is 2.35. The summed E-state index contributed by atoms with van der Waals surface area (Å²) in [5.41, 5.74) is -1.18. The third kappa shape index (κ3) is 39.6. The van der Waals surface area contributed by atoms with E-state index in [1.807, 2.05) is 0 Å². The molecule has 0 heterocycles. The first-order valence-corrected chi connectivity index (χ1v) is 25.2. The lowest BCUT2D eigenvalue weighted by atomic mass is 9.92. The van der Waals surface area contributed by atoms with E-state index < -0.39 is 12.0 Å². The molecule has 0 rings (SSSR count). The van der Waals surface area contributed by atoms with Gasteiger partial charge in [-0.2, -0.15) is 0 Å². The molecule has 0 radical (unpaired) electrons. The molecule has 342 valence electrons. The van der Waals surface area contributed by atoms with Crippen LogP contribution in [-0.2, 0) is 28.6 Å². The van der Waals surface area contributed by atoms with E-state index in [0.29, 0.717) is 19.3 Å². The lowest BCUT2D eigenvalue weighted by molar-refractivity contribution is -0.165. The molecule has 0 atom stereocenters. The Morgan fingerprint density at radius 1 is 0.362 bits per heavy atom. The van der Waals surface area contributed by atoms with E-state index >= 15 is 0 Å². The van der Waals surface area contributed by atoms with Gasteiger partial charge < -0.3 is 19.3 Å². The average Bonchev–Trinajstić information content (AvgIpc) is 3.23. The summed E-state index contributed by atoms with van der Waals surface area (Å²) in [5.74, 6) is -1.00. The first-order valence-electron chi connectivity index (χ1n) is 25.2. The Kier molecular flexibility index (Phi) is 43.2. The molecular formula is C51H96O7. The van der Waals surface area contributed by atoms with Crippen molar-refractivity contribution in [3.63, 3.8) is 0 Å². The van der Waals surface area contributed by atoms with Crippen molar-refractivity contribution in [3.8, 4) is 0 Å². The van der Waals surface area contributed by atoms with Gasteiger partial charge in [0.25, 0.3) is 0 Å². The average molecular weight is 821 g/mol. The van der Waals surface area contributed by atoms with E-state index in [1.54, 1.807) is 0 Å². The van der Waals surface area contributed by atoms with Crippen molar-refractivity contribution in [3.05, 3.63) is 12.2 Å². The van der Waals surface area contributed by atoms with Crippen molar-refractivity contribution in [2.45, 2.75) is 265 Å². The van der Waals surface area contributed by atoms with Gasteiger partial charge in [-0.15, -0.1) is 0 Å². The number of esters is 3. The normalized spacial score (nSPS) is 11.7. The zero-order chi connectivity index (χ0) is 42.5. The predicted octanol–water partition coefficient (Wildman–Crippen LogP) is 15.0. The van der Waals surface area contributed by atoms with E-state index in [-0.39, 0.29) is 37.7 Å². The fourth-order valence-electron chi connectivity index (χ4n) is 7.39. The second-order valence-corrected chi connectivity index (χ2v) is 17.5. The highest BCUT2D eigenvalue weighted by molar-refractivity contribution is 5.70. The second-order valence-electron chi connectivity index (χ2n) is 17.5. The maximum atomic E-state index is 12.7. The molecule has 7 heteroatoms. The van der Waals surface area contributed by atoms with Gasteiger partial charge >= 0.3 is 17.9 Å². The van der Waals surface area contributed by atoms with Gasteiger partial charge in [0.1, 0.15) is 19.8 Å². The van der Waals surface area contributed by atoms with E-state index in [9.17, 15) is 19.5 Å². The summed E-state index contributed by atoms with van der Waals surface area (Å²) < 4.78 is 16.9. The summed E-state index contributed by atoms with van der Waals surface area (Å²) in [4.78, 5) is 38.2. The fraction of sp³-hybridized carbons (Fsp3) is 0.902. The van der Waals surface area contributed by atoms with Crippen LogP contribution in [0.3, 0.4) is 0 Å². The lowest BCUT2D eigenvalue weighted by Gasteiger charge is -2.30. The molecule has 0 aliphatic heterocycles. The number of hydrogen-bond acceptors (Lipinski definition) is 7. The van der Waals surface area contributed by atoms with Gasteiger partial charge in [-0.3, -0.25) is 14.4 Å². The first-order chi connectivity index (χ1) is 28.4. The third-order valence-corrected chi connectivity index (χ3v) is 11.6. The summed E-state index contributed by atoms with van der Waals surface area (Å²) in [7, 11) is 0. The first kappa shape index (κ1) is 56.1. The number of aliphatic hydroxyl groups excluding tert-OH is 1. The van der Waals surface area contributed by atoms with E-state index in [0.717, 1.165) is 70.6 Å². The topological polar surface area (TPSA) is 99.1 Å². The molecule has 1 N–H and O–H groups in total. The summed E-state index contributed by atoms with van der Waals surface area (Å²) in [5, 5.41) is 10.5. The number of unbranched alkanes of at least 4 members (excludes halogenated alkanes) is 31. The minimum atomic E-state index is -1.18. The summed E-state index contributed by atoms with van der Waals surface area (Å²) in [6.07, 6.45) is 47.5. The van der Waals surface area contributed by atoms with Crippen LogP contribution in [0.2, 0.25) is 0 Å². The van der Waals surface area contributed by atoms with Crippen LogP contribution in [0.25, 0.3) is 0 Å². The van der Waals surface area contributed by atoms with Gasteiger partial charge in [-0.1, -0.05) is 213 Å². The molecule has 58 heavy (non-hydrogen) atoms. The molecule has 0 aromatic carbocycles. The Morgan fingerprint density at radius 3 is 0.828 bits per heavy atom. The molecule has 0 unspecified atom stereocenters. The van der Waals surface area contributed by atoms with Crippen molar-refractivity contribution in [2.75, 3.05) is 26.4 Å². The Bertz CT molecular complexity index is 890. The van der Waals surface area contributed by atoms with Crippen molar-refractivity contribution >= 4 is 17.9 Å². The molecule has 0 saturated carbocycles. The van der Waals surface area contributed by atoms with Gasteiger partial charge in [-0.05, 0) is 44.9 Å². The SMILES string of the molecule is CCCCCCCCC=CCCCCCCCC(=O)OCC(CO)(COC(=O)CCCCCCCCCCCCC)COC(=O)CCCCCCCCCCCCC. The standard InChI is InChI=1S/C51H96O7/c1-4-7-10-13-16-19-22-23-24-25-28-31-34-37-40-43-50(55)58-47-51(44-52,45-56-48(53)41-38-35-32-29-26-20-17-14-11-8-5-2)46-57-49(54)42-39-36-33-30-27-21-18-15-12-9-6-3/h23-24,52H,4-22,25-47H2,1-3H3. The number of hydrogen-bond donors (Lipinski definition) is 1. The van der Waals surface area contributed by atoms with Crippen molar-refractivity contribution in [1.29, 1.82) is 0 Å². The minimum absolute atomic E-state index is 0.160. The zero-order valence-electron chi connectivity index (χ0n) is 38.7. The largest absolute Gasteiger partial charge is 0.465 e. The predicted molar refractivity (Wildman–Crippen MR) is 244 cm³/mol. The van der Waals surface area contributed by atoms with E-state index in [4.69, 9.17) is 14.2 Å². The quantitative estimate of drug-likeness (QED) is 0.0282. The highest BCUT2D eigenvalue weighted by Crippen LogP contribution is 2.22. The smallest absolute Gasteiger partial charge is 0.305 e. The molecule has 0 saturated heterocycles. The monoisotopic (exact) mass is 821 g/mol. The minimum Gasteiger partial charge on any atom is -0.465 e. The number of allylic oxidation sites excluding steroid dienone is 2. The molecule has 7 nitrogen and oxygen atoms in total. The number of ether oxygens (including phenoxy) is 3. The number of carbonyl (C=O) groups excluding carboxylic acids is 3. The molecule has 0 amide bonds. The molecule has 0 bridgehead atoms. The van der Waals surface area contributed by atoms with Crippen LogP contribution in [0.15, 0.2) is 12.2 Å². The van der Waals surface area contributed by atoms with Crippen LogP contribution in [0.5, 0.6) is 0 Å². The Morgan fingerprint density at radius 2 is 0.586 bits per heavy atom. The number of aliphatic hydroxyl groups is 1. The van der Waals surface area contributed by atoms with Gasteiger partial charge in [0.15, 0.2) is 0 Å². The van der Waals surface area contributed by atoms with Gasteiger partial charge in [-0.25, -0.2) is 0 Å². The molecule has 0 fully saturated rings. The summed E-state index contributed by atoms with van der Waals surface area (Å²) in [6.45, 7) is 5.84. The zero-order valence-corrected chi connectivity index (χ0v) is 38.7. The maximum Gasteiger partial charge on any atom is 0.305 e. The number of rotatable bonds is 46. The Labute approximate surface area is 359 Å². The summed E-state index contributed by atoms with van der Waals surface area (Å²) in [6, 6.07) is 0. The third-order valence-electron chi connectivity index (χ3n) is 11.6. The molecule has 0 aromatic rings. The molecular weight excluding hydrogens is 725 g/mol. The van der Waals surface area contributed by atoms with Crippen LogP contribution in [0.1, 0.15) is 265 Å².